The molecule has 0 aliphatic heterocycles. The standard InChI is InChI=1S/C10H13BrN2O3/c1-6(2)12-9(14)5-13-4-7(10(15)16)3-8(13)11/h3-4,6H,5H2,1-2H3,(H,12,14)(H,15,16). The maximum Gasteiger partial charge on any atom is 0.337 e. The molecule has 1 heterocycles. The van der Waals surface area contributed by atoms with Crippen molar-refractivity contribution in [1.29, 1.82) is 0 Å². The number of carboxylic acid groups (broad SMARTS) is 1. The summed E-state index contributed by atoms with van der Waals surface area (Å²) in [5, 5.41) is 11.5. The van der Waals surface area contributed by atoms with Crippen molar-refractivity contribution < 1.29 is 14.7 Å². The molecular weight excluding hydrogens is 276 g/mol. The predicted molar refractivity (Wildman–Crippen MR) is 62.4 cm³/mol. The molecule has 0 fully saturated rings. The van der Waals surface area contributed by atoms with Gasteiger partial charge in [-0.2, -0.15) is 0 Å². The fraction of sp³-hybridized carbons (Fsp3) is 0.400. The van der Waals surface area contributed by atoms with Crippen molar-refractivity contribution in [1.82, 2.24) is 9.88 Å². The molecule has 0 radical (unpaired) electrons. The Morgan fingerprint density at radius 1 is 1.56 bits per heavy atom. The Morgan fingerprint density at radius 3 is 2.62 bits per heavy atom. The smallest absolute Gasteiger partial charge is 0.337 e. The van der Waals surface area contributed by atoms with Crippen molar-refractivity contribution in [2.45, 2.75) is 26.4 Å². The molecule has 88 valence electrons. The van der Waals surface area contributed by atoms with E-state index in [1.807, 2.05) is 13.8 Å². The molecule has 0 aliphatic rings. The van der Waals surface area contributed by atoms with Crippen LogP contribution in [0.5, 0.6) is 0 Å². The van der Waals surface area contributed by atoms with Crippen LogP contribution in [0.15, 0.2) is 16.9 Å². The van der Waals surface area contributed by atoms with Crippen molar-refractivity contribution in [3.63, 3.8) is 0 Å². The molecular formula is C10H13BrN2O3. The second kappa shape index (κ2) is 5.16. The number of nitrogens with zero attached hydrogens (tertiary/aromatic N) is 1. The van der Waals surface area contributed by atoms with Gasteiger partial charge in [-0.05, 0) is 35.8 Å². The summed E-state index contributed by atoms with van der Waals surface area (Å²) in [6.45, 7) is 3.84. The molecule has 5 nitrogen and oxygen atoms in total. The number of aromatic carboxylic acids is 1. The number of aromatic nitrogens is 1. The van der Waals surface area contributed by atoms with E-state index in [1.54, 1.807) is 4.57 Å². The van der Waals surface area contributed by atoms with Crippen LogP contribution in [0.4, 0.5) is 0 Å². The zero-order valence-corrected chi connectivity index (χ0v) is 10.6. The van der Waals surface area contributed by atoms with Gasteiger partial charge >= 0.3 is 5.97 Å². The Labute approximate surface area is 102 Å². The first-order chi connectivity index (χ1) is 7.40. The number of amides is 1. The molecule has 1 rings (SSSR count). The molecule has 1 amide bonds. The second-order valence-corrected chi connectivity index (χ2v) is 4.52. The molecule has 0 saturated carbocycles. The van der Waals surface area contributed by atoms with Crippen molar-refractivity contribution in [2.24, 2.45) is 0 Å². The van der Waals surface area contributed by atoms with Crippen molar-refractivity contribution >= 4 is 27.8 Å². The monoisotopic (exact) mass is 288 g/mol. The maximum atomic E-state index is 11.5. The van der Waals surface area contributed by atoms with Crippen molar-refractivity contribution in [2.75, 3.05) is 0 Å². The molecule has 0 aromatic carbocycles. The van der Waals surface area contributed by atoms with Gasteiger partial charge in [-0.3, -0.25) is 4.79 Å². The molecule has 0 unspecified atom stereocenters. The van der Waals surface area contributed by atoms with E-state index >= 15 is 0 Å². The van der Waals surface area contributed by atoms with Crippen LogP contribution in [-0.4, -0.2) is 27.6 Å². The Kier molecular flexibility index (Phi) is 4.12. The van der Waals surface area contributed by atoms with Gasteiger partial charge in [0, 0.05) is 12.2 Å². The highest BCUT2D eigenvalue weighted by Crippen LogP contribution is 2.15. The third kappa shape index (κ3) is 3.37. The quantitative estimate of drug-likeness (QED) is 0.881. The second-order valence-electron chi connectivity index (χ2n) is 3.71. The van der Waals surface area contributed by atoms with E-state index in [2.05, 4.69) is 21.2 Å². The van der Waals surface area contributed by atoms with Gasteiger partial charge in [0.25, 0.3) is 0 Å². The maximum absolute atomic E-state index is 11.5. The normalized spacial score (nSPS) is 10.5. The molecule has 0 bridgehead atoms. The lowest BCUT2D eigenvalue weighted by Crippen LogP contribution is -2.33. The van der Waals surface area contributed by atoms with E-state index in [0.717, 1.165) is 0 Å². The summed E-state index contributed by atoms with van der Waals surface area (Å²) >= 11 is 3.20. The Morgan fingerprint density at radius 2 is 2.19 bits per heavy atom. The van der Waals surface area contributed by atoms with Gasteiger partial charge in [-0.15, -0.1) is 0 Å². The fourth-order valence-corrected chi connectivity index (χ4v) is 1.71. The Hall–Kier alpha value is -1.30. The van der Waals surface area contributed by atoms with Gasteiger partial charge in [0.2, 0.25) is 5.91 Å². The lowest BCUT2D eigenvalue weighted by molar-refractivity contribution is -0.122. The highest BCUT2D eigenvalue weighted by molar-refractivity contribution is 9.10. The molecule has 1 aromatic rings. The lowest BCUT2D eigenvalue weighted by atomic mass is 10.3. The van der Waals surface area contributed by atoms with E-state index in [0.29, 0.717) is 4.60 Å². The van der Waals surface area contributed by atoms with Crippen LogP contribution >= 0.6 is 15.9 Å². The van der Waals surface area contributed by atoms with E-state index in [1.165, 1.54) is 12.3 Å². The molecule has 0 spiro atoms. The summed E-state index contributed by atoms with van der Waals surface area (Å²) in [4.78, 5) is 22.1. The van der Waals surface area contributed by atoms with Crippen LogP contribution in [-0.2, 0) is 11.3 Å². The fourth-order valence-electron chi connectivity index (χ4n) is 1.24. The van der Waals surface area contributed by atoms with E-state index in [-0.39, 0.29) is 24.1 Å². The summed E-state index contributed by atoms with van der Waals surface area (Å²) in [5.74, 6) is -1.16. The number of rotatable bonds is 4. The third-order valence-electron chi connectivity index (χ3n) is 1.85. The summed E-state index contributed by atoms with van der Waals surface area (Å²) < 4.78 is 2.12. The minimum absolute atomic E-state index is 0.0702. The highest BCUT2D eigenvalue weighted by Gasteiger charge is 2.12. The van der Waals surface area contributed by atoms with Crippen LogP contribution in [0.3, 0.4) is 0 Å². The summed E-state index contributed by atoms with van der Waals surface area (Å²) in [6, 6.07) is 1.53. The van der Waals surface area contributed by atoms with Crippen LogP contribution in [0.25, 0.3) is 0 Å². The van der Waals surface area contributed by atoms with Crippen molar-refractivity contribution in [3.05, 3.63) is 22.4 Å². The van der Waals surface area contributed by atoms with Crippen molar-refractivity contribution in [3.8, 4) is 0 Å². The molecule has 0 atom stereocenters. The Balaban J connectivity index is 2.74. The molecule has 6 heteroatoms. The van der Waals surface area contributed by atoms with Crippen LogP contribution in [0.1, 0.15) is 24.2 Å². The van der Waals surface area contributed by atoms with E-state index in [4.69, 9.17) is 5.11 Å². The van der Waals surface area contributed by atoms with Crippen LogP contribution < -0.4 is 5.32 Å². The molecule has 16 heavy (non-hydrogen) atoms. The first kappa shape index (κ1) is 12.8. The number of carboxylic acids is 1. The number of halogens is 1. The first-order valence-corrected chi connectivity index (χ1v) is 5.57. The minimum atomic E-state index is -1.01. The van der Waals surface area contributed by atoms with Gasteiger partial charge in [0.15, 0.2) is 0 Å². The number of nitrogens with one attached hydrogen (secondary N) is 1. The SMILES string of the molecule is CC(C)NC(=O)Cn1cc(C(=O)O)cc1Br. The van der Waals surface area contributed by atoms with E-state index < -0.39 is 5.97 Å². The molecule has 0 saturated heterocycles. The number of hydrogen-bond acceptors (Lipinski definition) is 2. The number of carbonyl (C=O) groups is 2. The first-order valence-electron chi connectivity index (χ1n) is 4.78. The summed E-state index contributed by atoms with van der Waals surface area (Å²) in [6.07, 6.45) is 1.42. The average molecular weight is 289 g/mol. The third-order valence-corrected chi connectivity index (χ3v) is 2.54. The number of carbonyl (C=O) groups excluding carboxylic acids is 1. The van der Waals surface area contributed by atoms with Gasteiger partial charge in [0.05, 0.1) is 10.2 Å². The average Bonchev–Trinajstić information content (AvgIpc) is 2.46. The summed E-state index contributed by atoms with van der Waals surface area (Å²) in [7, 11) is 0. The van der Waals surface area contributed by atoms with E-state index in [9.17, 15) is 9.59 Å². The Bertz CT molecular complexity index is 412. The largest absolute Gasteiger partial charge is 0.478 e. The van der Waals surface area contributed by atoms with Gasteiger partial charge in [0.1, 0.15) is 6.54 Å². The molecule has 1 aromatic heterocycles. The minimum Gasteiger partial charge on any atom is -0.478 e. The summed E-state index contributed by atoms with van der Waals surface area (Å²) in [5.41, 5.74) is 0.157. The van der Waals surface area contributed by atoms with Gasteiger partial charge in [-0.1, -0.05) is 0 Å². The topological polar surface area (TPSA) is 71.3 Å². The van der Waals surface area contributed by atoms with Crippen LogP contribution in [0, 0.1) is 0 Å². The molecule has 0 aliphatic carbocycles. The number of hydrogen-bond donors (Lipinski definition) is 2. The lowest BCUT2D eigenvalue weighted by Gasteiger charge is -2.09. The van der Waals surface area contributed by atoms with Gasteiger partial charge < -0.3 is 15.0 Å². The van der Waals surface area contributed by atoms with Crippen LogP contribution in [0.2, 0.25) is 0 Å². The van der Waals surface area contributed by atoms with Gasteiger partial charge in [-0.25, -0.2) is 4.79 Å². The highest BCUT2D eigenvalue weighted by atomic mass is 79.9. The zero-order valence-electron chi connectivity index (χ0n) is 9.03. The predicted octanol–water partition coefficient (Wildman–Crippen LogP) is 1.47. The zero-order chi connectivity index (χ0) is 12.3. The molecule has 2 N–H and O–H groups in total.